The normalized spacial score (nSPS) is 22.5. The predicted octanol–water partition coefficient (Wildman–Crippen LogP) is 6.95. The highest BCUT2D eigenvalue weighted by molar-refractivity contribution is 9.10. The molecule has 4 heterocycles. The molecule has 8 rings (SSSR count). The predicted molar refractivity (Wildman–Crippen MR) is 248 cm³/mol. The number of hydrogen-bond donors (Lipinski definition) is 4. The number of aryl methyl sites for hydroxylation is 1. The number of anilines is 3. The summed E-state index contributed by atoms with van der Waals surface area (Å²) in [5.74, 6) is -0.128. The fraction of sp³-hybridized carbons (Fsp3) is 0.417. The van der Waals surface area contributed by atoms with E-state index in [1.54, 1.807) is 14.5 Å². The largest absolute Gasteiger partial charge is 0.494 e. The first-order chi connectivity index (χ1) is 30.4. The van der Waals surface area contributed by atoms with Crippen LogP contribution >= 0.6 is 15.9 Å². The molecule has 1 fully saturated rings. The van der Waals surface area contributed by atoms with Crippen LogP contribution in [0.4, 0.5) is 17.1 Å². The molecule has 0 aliphatic carbocycles. The molecule has 0 radical (unpaired) electrons. The summed E-state index contributed by atoms with van der Waals surface area (Å²) in [7, 11) is -2.92. The molecule has 0 saturated carbocycles. The van der Waals surface area contributed by atoms with Gasteiger partial charge >= 0.3 is 0 Å². The number of fused-ring (bicyclic) bond motifs is 3. The summed E-state index contributed by atoms with van der Waals surface area (Å²) in [5.41, 5.74) is 4.94. The molecule has 6 atom stereocenters. The number of benzene rings is 4. The Morgan fingerprint density at radius 1 is 1.00 bits per heavy atom. The summed E-state index contributed by atoms with van der Waals surface area (Å²) in [6.07, 6.45) is 3.85. The Labute approximate surface area is 378 Å². The van der Waals surface area contributed by atoms with Crippen molar-refractivity contribution in [3.8, 4) is 5.75 Å². The van der Waals surface area contributed by atoms with Crippen LogP contribution in [0.2, 0.25) is 18.6 Å². The van der Waals surface area contributed by atoms with Crippen LogP contribution in [0.5, 0.6) is 5.75 Å². The summed E-state index contributed by atoms with van der Waals surface area (Å²) in [6, 6.07) is 28.8. The maximum Gasteiger partial charge on any atom is 0.264 e. The zero-order chi connectivity index (χ0) is 44.5. The molecule has 4 aromatic carbocycles. The molecule has 3 aliphatic heterocycles. The number of hydrogen-bond acceptors (Lipinski definition) is 10. The van der Waals surface area contributed by atoms with Gasteiger partial charge in [-0.05, 0) is 117 Å². The number of carbonyl (C=O) groups is 2. The average Bonchev–Trinajstić information content (AvgIpc) is 3.93. The zero-order valence-corrected chi connectivity index (χ0v) is 38.9. The topological polar surface area (TPSA) is 163 Å². The van der Waals surface area contributed by atoms with Crippen molar-refractivity contribution in [1.29, 1.82) is 0 Å². The fourth-order valence-corrected chi connectivity index (χ4v) is 13.0. The molecule has 332 valence electrons. The molecule has 1 spiro atoms. The molecule has 1 saturated heterocycles. The van der Waals surface area contributed by atoms with Crippen LogP contribution in [0.1, 0.15) is 67.0 Å². The second kappa shape index (κ2) is 18.8. The highest BCUT2D eigenvalue weighted by atomic mass is 79.9. The molecule has 1 aromatic heterocycles. The number of aliphatic hydroxyl groups is 2. The highest BCUT2D eigenvalue weighted by Gasteiger charge is 2.66. The molecular formula is C48H57BrN6O7Si. The van der Waals surface area contributed by atoms with Gasteiger partial charge in [0.25, 0.3) is 5.91 Å². The Balaban J connectivity index is 1.04. The van der Waals surface area contributed by atoms with Gasteiger partial charge in [-0.25, -0.2) is 0 Å². The van der Waals surface area contributed by atoms with Crippen LogP contribution in [0.3, 0.4) is 0 Å². The molecule has 15 heteroatoms. The summed E-state index contributed by atoms with van der Waals surface area (Å²) in [6.45, 7) is 9.69. The Morgan fingerprint density at radius 3 is 2.48 bits per heavy atom. The minimum atomic E-state index is -2.92. The number of aliphatic hydroxyl groups excluding tert-OH is 2. The molecule has 13 nitrogen and oxygen atoms in total. The number of ether oxygens (including phenoxy) is 2. The monoisotopic (exact) mass is 936 g/mol. The number of carbonyl (C=O) groups excluding carboxylic acids is 2. The summed E-state index contributed by atoms with van der Waals surface area (Å²) >= 11 is 3.67. The summed E-state index contributed by atoms with van der Waals surface area (Å²) in [4.78, 5) is 44.7. The molecule has 4 N–H and O–H groups in total. The summed E-state index contributed by atoms with van der Waals surface area (Å²) in [5, 5.41) is 31.8. The van der Waals surface area contributed by atoms with Gasteiger partial charge in [0, 0.05) is 46.5 Å². The maximum atomic E-state index is 15.2. The van der Waals surface area contributed by atoms with E-state index in [9.17, 15) is 19.8 Å². The first-order valence-corrected chi connectivity index (χ1v) is 25.8. The lowest BCUT2D eigenvalue weighted by atomic mass is 9.82. The smallest absolute Gasteiger partial charge is 0.264 e. The number of amides is 2. The number of nitrogens with one attached hydrogen (secondary N) is 1. The SMILES string of the molecule is CCOc1ccc2c(c1)CC(NCCCCO)C(=O)N2c1ccc(CN2C(=O)[C@@]3(O[C@@H](CCn4cc(C(CO)c5ccccc5)nn4)[C@H]([Si](C)(C)O)[C@H]3C)c3cc(Br)ccc32)cc1. The van der Waals surface area contributed by atoms with E-state index in [2.05, 4.69) is 31.6 Å². The van der Waals surface area contributed by atoms with Crippen LogP contribution in [0.15, 0.2) is 102 Å². The number of unbranched alkanes of at least 4 members (excludes halogenated alkanes) is 1. The van der Waals surface area contributed by atoms with Gasteiger partial charge in [0.2, 0.25) is 5.91 Å². The molecule has 3 aliphatic rings. The molecule has 0 bridgehead atoms. The minimum absolute atomic E-state index is 0.0581. The van der Waals surface area contributed by atoms with Crippen molar-refractivity contribution in [2.75, 3.05) is 36.2 Å². The lowest BCUT2D eigenvalue weighted by Gasteiger charge is -2.35. The molecule has 63 heavy (non-hydrogen) atoms. The van der Waals surface area contributed by atoms with Gasteiger partial charge in [0.05, 0.1) is 54.9 Å². The van der Waals surface area contributed by atoms with Crippen LogP contribution in [0.25, 0.3) is 0 Å². The van der Waals surface area contributed by atoms with Gasteiger partial charge in [-0.2, -0.15) is 0 Å². The minimum Gasteiger partial charge on any atom is -0.494 e. The van der Waals surface area contributed by atoms with Crippen molar-refractivity contribution in [3.05, 3.63) is 130 Å². The standard InChI is InChI=1S/C48H57BrN6O7Si/c1-5-61-37-18-20-42-34(25-37)26-40(50-22-9-10-24-56)46(58)55(42)36-16-13-32(14-17-36)28-54-43-19-15-35(49)27-39(43)48(47(54)59)31(2)45(63(3,4)60)44(62-48)21-23-53-29-41(51-52-53)38(30-57)33-11-7-6-8-12-33/h6-8,11-20,25,27,29,31,38,40,44-45,50,56-57,60H,5,9-10,21-24,26,28,30H2,1-4H3/t31-,38?,40?,44+,45-,48+/m1/s1. The van der Waals surface area contributed by atoms with Crippen molar-refractivity contribution in [1.82, 2.24) is 20.3 Å². The Bertz CT molecular complexity index is 2410. The number of nitrogens with zero attached hydrogens (tertiary/aromatic N) is 5. The number of aromatic nitrogens is 3. The van der Waals surface area contributed by atoms with Gasteiger partial charge in [-0.1, -0.05) is 70.5 Å². The Kier molecular flexibility index (Phi) is 13.4. The van der Waals surface area contributed by atoms with E-state index in [0.29, 0.717) is 50.3 Å². The lowest BCUT2D eigenvalue weighted by Crippen LogP contribution is -2.49. The van der Waals surface area contributed by atoms with Crippen LogP contribution < -0.4 is 19.9 Å². The van der Waals surface area contributed by atoms with Gasteiger partial charge in [0.15, 0.2) is 13.9 Å². The first kappa shape index (κ1) is 44.8. The Morgan fingerprint density at radius 2 is 1.76 bits per heavy atom. The van der Waals surface area contributed by atoms with Crippen molar-refractivity contribution >= 4 is 53.1 Å². The van der Waals surface area contributed by atoms with E-state index in [-0.39, 0.29) is 48.9 Å². The van der Waals surface area contributed by atoms with E-state index >= 15 is 4.79 Å². The van der Waals surface area contributed by atoms with Gasteiger partial charge in [-0.3, -0.25) is 19.2 Å². The second-order valence-electron chi connectivity index (χ2n) is 17.5. The van der Waals surface area contributed by atoms with Crippen molar-refractivity contribution in [2.24, 2.45) is 5.92 Å². The van der Waals surface area contributed by atoms with Crippen LogP contribution in [-0.4, -0.2) is 88.6 Å². The van der Waals surface area contributed by atoms with Crippen LogP contribution in [-0.2, 0) is 39.4 Å². The first-order valence-electron chi connectivity index (χ1n) is 22.0. The third-order valence-corrected chi connectivity index (χ3v) is 15.9. The quantitative estimate of drug-likeness (QED) is 0.0568. The van der Waals surface area contributed by atoms with E-state index in [1.807, 2.05) is 124 Å². The lowest BCUT2D eigenvalue weighted by molar-refractivity contribution is -0.146. The molecule has 5 aromatic rings. The molecular weight excluding hydrogens is 881 g/mol. The van der Waals surface area contributed by atoms with E-state index in [0.717, 1.165) is 50.3 Å². The Hall–Kier alpha value is -4.74. The molecule has 2 unspecified atom stereocenters. The maximum absolute atomic E-state index is 15.2. The number of rotatable bonds is 17. The second-order valence-corrected chi connectivity index (χ2v) is 22.3. The van der Waals surface area contributed by atoms with E-state index in [1.165, 1.54) is 0 Å². The van der Waals surface area contributed by atoms with Gasteiger partial charge in [0.1, 0.15) is 5.75 Å². The third kappa shape index (κ3) is 8.76. The number of halogens is 1. The van der Waals surface area contributed by atoms with Crippen molar-refractivity contribution in [2.45, 2.75) is 94.9 Å². The van der Waals surface area contributed by atoms with E-state index in [4.69, 9.17) is 9.47 Å². The molecule has 2 amide bonds. The average molecular weight is 938 g/mol. The third-order valence-electron chi connectivity index (χ3n) is 12.9. The highest BCUT2D eigenvalue weighted by Crippen LogP contribution is 2.60. The van der Waals surface area contributed by atoms with Gasteiger partial charge in [-0.15, -0.1) is 5.10 Å². The van der Waals surface area contributed by atoms with Gasteiger partial charge < -0.3 is 34.7 Å². The van der Waals surface area contributed by atoms with Crippen LogP contribution in [0, 0.1) is 5.92 Å². The summed E-state index contributed by atoms with van der Waals surface area (Å²) < 4.78 is 15.5. The van der Waals surface area contributed by atoms with E-state index < -0.39 is 26.1 Å². The van der Waals surface area contributed by atoms with Crippen molar-refractivity contribution in [3.63, 3.8) is 0 Å². The fourth-order valence-electron chi connectivity index (χ4n) is 10.0. The van der Waals surface area contributed by atoms with Crippen molar-refractivity contribution < 1.29 is 34.1 Å². The zero-order valence-electron chi connectivity index (χ0n) is 36.3.